The first-order valence-corrected chi connectivity index (χ1v) is 5.83. The molecule has 3 heteroatoms. The van der Waals surface area contributed by atoms with E-state index in [9.17, 15) is 4.21 Å². The van der Waals surface area contributed by atoms with Crippen LogP contribution in [0.2, 0.25) is 0 Å². The van der Waals surface area contributed by atoms with Crippen molar-refractivity contribution in [2.45, 2.75) is 27.2 Å². The van der Waals surface area contributed by atoms with E-state index >= 15 is 0 Å². The van der Waals surface area contributed by atoms with Crippen LogP contribution in [0.15, 0.2) is 0 Å². The van der Waals surface area contributed by atoms with Gasteiger partial charge in [0.05, 0.1) is 12.0 Å². The van der Waals surface area contributed by atoms with E-state index in [1.807, 2.05) is 6.92 Å². The third-order valence-corrected chi connectivity index (χ3v) is 3.64. The van der Waals surface area contributed by atoms with E-state index in [-0.39, 0.29) is 5.92 Å². The van der Waals surface area contributed by atoms with Gasteiger partial charge in [0.2, 0.25) is 0 Å². The highest BCUT2D eigenvalue weighted by molar-refractivity contribution is 7.85. The van der Waals surface area contributed by atoms with Crippen LogP contribution in [0.3, 0.4) is 0 Å². The first kappa shape index (κ1) is 11.6. The lowest BCUT2D eigenvalue weighted by molar-refractivity contribution is 0.612. The van der Waals surface area contributed by atoms with Gasteiger partial charge >= 0.3 is 0 Å². The molecule has 0 aliphatic heterocycles. The van der Waals surface area contributed by atoms with Crippen LogP contribution in [0.5, 0.6) is 0 Å². The molecule has 0 fully saturated rings. The molecule has 0 heterocycles. The molecule has 0 bridgehead atoms. The van der Waals surface area contributed by atoms with Crippen molar-refractivity contribution in [1.82, 2.24) is 0 Å². The lowest BCUT2D eigenvalue weighted by Gasteiger charge is -2.08. The smallest absolute Gasteiger partial charge is 0.0662 e. The molecule has 3 atom stereocenters. The zero-order chi connectivity index (χ0) is 9.56. The van der Waals surface area contributed by atoms with E-state index in [1.165, 1.54) is 0 Å². The number of nitrogens with zero attached hydrogens (tertiary/aromatic N) is 1. The molecule has 0 saturated carbocycles. The van der Waals surface area contributed by atoms with Gasteiger partial charge in [-0.25, -0.2) is 0 Å². The van der Waals surface area contributed by atoms with Crippen molar-refractivity contribution in [1.29, 1.82) is 5.26 Å². The summed E-state index contributed by atoms with van der Waals surface area (Å²) in [5.41, 5.74) is 0. The Bertz CT molecular complexity index is 185. The van der Waals surface area contributed by atoms with Crippen LogP contribution in [-0.2, 0) is 10.8 Å². The highest BCUT2D eigenvalue weighted by Gasteiger charge is 2.09. The number of nitriles is 1. The molecule has 0 aromatic rings. The summed E-state index contributed by atoms with van der Waals surface area (Å²) in [6.45, 7) is 6.00. The fourth-order valence-corrected chi connectivity index (χ4v) is 2.46. The minimum atomic E-state index is -0.802. The Morgan fingerprint density at radius 2 is 2.00 bits per heavy atom. The topological polar surface area (TPSA) is 40.9 Å². The van der Waals surface area contributed by atoms with Crippen molar-refractivity contribution < 1.29 is 4.21 Å². The van der Waals surface area contributed by atoms with Crippen molar-refractivity contribution in [3.63, 3.8) is 0 Å². The van der Waals surface area contributed by atoms with Gasteiger partial charge in [-0.2, -0.15) is 5.26 Å². The molecule has 0 rings (SSSR count). The normalized spacial score (nSPS) is 17.8. The third kappa shape index (κ3) is 5.31. The van der Waals surface area contributed by atoms with Crippen molar-refractivity contribution in [2.75, 3.05) is 11.5 Å². The average molecular weight is 187 g/mol. The summed E-state index contributed by atoms with van der Waals surface area (Å²) in [5, 5.41) is 8.49. The SMILES string of the molecule is CCC(C)CS(=O)CC(C)C#N. The van der Waals surface area contributed by atoms with Gasteiger partial charge in [-0.1, -0.05) is 20.3 Å². The maximum absolute atomic E-state index is 11.3. The zero-order valence-electron chi connectivity index (χ0n) is 8.04. The van der Waals surface area contributed by atoms with E-state index in [4.69, 9.17) is 5.26 Å². The Morgan fingerprint density at radius 3 is 2.42 bits per heavy atom. The van der Waals surface area contributed by atoms with E-state index < -0.39 is 10.8 Å². The van der Waals surface area contributed by atoms with Gasteiger partial charge < -0.3 is 0 Å². The van der Waals surface area contributed by atoms with Crippen molar-refractivity contribution in [3.8, 4) is 6.07 Å². The average Bonchev–Trinajstić information content (AvgIpc) is 2.03. The minimum absolute atomic E-state index is 0.0742. The molecule has 0 radical (unpaired) electrons. The van der Waals surface area contributed by atoms with Gasteiger partial charge in [-0.3, -0.25) is 4.21 Å². The Kier molecular flexibility index (Phi) is 6.00. The number of hydrogen-bond acceptors (Lipinski definition) is 2. The maximum atomic E-state index is 11.3. The Hall–Kier alpha value is -0.360. The summed E-state index contributed by atoms with van der Waals surface area (Å²) in [7, 11) is -0.802. The first-order valence-electron chi connectivity index (χ1n) is 4.34. The van der Waals surface area contributed by atoms with Gasteiger partial charge in [0.25, 0.3) is 0 Å². The molecule has 0 aliphatic rings. The van der Waals surface area contributed by atoms with Gasteiger partial charge in [0.15, 0.2) is 0 Å². The second-order valence-electron chi connectivity index (χ2n) is 3.32. The quantitative estimate of drug-likeness (QED) is 0.660. The first-order chi connectivity index (χ1) is 5.60. The van der Waals surface area contributed by atoms with Crippen LogP contribution in [0.1, 0.15) is 27.2 Å². The molecule has 0 aliphatic carbocycles. The van der Waals surface area contributed by atoms with Gasteiger partial charge in [-0.15, -0.1) is 0 Å². The van der Waals surface area contributed by atoms with Crippen molar-refractivity contribution in [2.24, 2.45) is 11.8 Å². The number of hydrogen-bond donors (Lipinski definition) is 0. The van der Waals surface area contributed by atoms with E-state index in [0.29, 0.717) is 11.7 Å². The minimum Gasteiger partial charge on any atom is -0.260 e. The van der Waals surface area contributed by atoms with E-state index in [0.717, 1.165) is 12.2 Å². The predicted octanol–water partition coefficient (Wildman–Crippen LogP) is 1.94. The second kappa shape index (κ2) is 6.19. The molecule has 0 spiro atoms. The summed E-state index contributed by atoms with van der Waals surface area (Å²) in [6.07, 6.45) is 1.06. The molecular formula is C9H17NOS. The molecule has 0 amide bonds. The molecule has 70 valence electrons. The largest absolute Gasteiger partial charge is 0.260 e. The van der Waals surface area contributed by atoms with Gasteiger partial charge in [0.1, 0.15) is 0 Å². The number of rotatable bonds is 5. The summed E-state index contributed by atoms with van der Waals surface area (Å²) in [4.78, 5) is 0. The van der Waals surface area contributed by atoms with Crippen LogP contribution in [0.25, 0.3) is 0 Å². The molecular weight excluding hydrogens is 170 g/mol. The molecule has 0 aromatic heterocycles. The van der Waals surface area contributed by atoms with Crippen LogP contribution < -0.4 is 0 Å². The molecule has 0 aromatic carbocycles. The van der Waals surface area contributed by atoms with Crippen LogP contribution in [0, 0.1) is 23.2 Å². The fraction of sp³-hybridized carbons (Fsp3) is 0.889. The molecule has 0 saturated heterocycles. The summed E-state index contributed by atoms with van der Waals surface area (Å²) < 4.78 is 11.3. The summed E-state index contributed by atoms with van der Waals surface area (Å²) in [6, 6.07) is 2.09. The monoisotopic (exact) mass is 187 g/mol. The molecule has 3 unspecified atom stereocenters. The highest BCUT2D eigenvalue weighted by Crippen LogP contribution is 2.05. The fourth-order valence-electron chi connectivity index (χ4n) is 0.819. The molecule has 12 heavy (non-hydrogen) atoms. The van der Waals surface area contributed by atoms with E-state index in [1.54, 1.807) is 0 Å². The Balaban J connectivity index is 3.68. The van der Waals surface area contributed by atoms with E-state index in [2.05, 4.69) is 19.9 Å². The molecule has 0 N–H and O–H groups in total. The second-order valence-corrected chi connectivity index (χ2v) is 4.86. The van der Waals surface area contributed by atoms with Crippen molar-refractivity contribution >= 4 is 10.8 Å². The zero-order valence-corrected chi connectivity index (χ0v) is 8.86. The Morgan fingerprint density at radius 1 is 1.42 bits per heavy atom. The summed E-state index contributed by atoms with van der Waals surface area (Å²) >= 11 is 0. The highest BCUT2D eigenvalue weighted by atomic mass is 32.2. The summed E-state index contributed by atoms with van der Waals surface area (Å²) in [5.74, 6) is 1.70. The van der Waals surface area contributed by atoms with Crippen LogP contribution in [-0.4, -0.2) is 15.7 Å². The standard InChI is InChI=1S/C9H17NOS/c1-4-8(2)6-12(11)7-9(3)5-10/h8-9H,4,6-7H2,1-3H3. The van der Waals surface area contributed by atoms with Gasteiger partial charge in [-0.05, 0) is 12.8 Å². The third-order valence-electron chi connectivity index (χ3n) is 1.82. The lowest BCUT2D eigenvalue weighted by Crippen LogP contribution is -2.13. The predicted molar refractivity (Wildman–Crippen MR) is 52.1 cm³/mol. The lowest BCUT2D eigenvalue weighted by atomic mass is 10.2. The van der Waals surface area contributed by atoms with Crippen LogP contribution in [0.4, 0.5) is 0 Å². The van der Waals surface area contributed by atoms with Crippen molar-refractivity contribution in [3.05, 3.63) is 0 Å². The Labute approximate surface area is 77.4 Å². The molecule has 2 nitrogen and oxygen atoms in total. The van der Waals surface area contributed by atoms with Crippen LogP contribution >= 0.6 is 0 Å². The van der Waals surface area contributed by atoms with Gasteiger partial charge in [0, 0.05) is 22.3 Å². The maximum Gasteiger partial charge on any atom is 0.0662 e.